The van der Waals surface area contributed by atoms with Gasteiger partial charge in [-0.2, -0.15) is 0 Å². The van der Waals surface area contributed by atoms with Crippen LogP contribution in [0.2, 0.25) is 0 Å². The Labute approximate surface area is 50.9 Å². The maximum atomic E-state index is 10.6. The number of hydrogen-bond acceptors (Lipinski definition) is 1. The highest BCUT2D eigenvalue weighted by molar-refractivity contribution is 7.88. The lowest BCUT2D eigenvalue weighted by atomic mass is 10.6. The van der Waals surface area contributed by atoms with Crippen molar-refractivity contribution in [1.82, 2.24) is 0 Å². The van der Waals surface area contributed by atoms with Crippen LogP contribution in [0.5, 0.6) is 0 Å². The maximum Gasteiger partial charge on any atom is 0.0803 e. The lowest BCUT2D eigenvalue weighted by molar-refractivity contribution is 0.691. The quantitative estimate of drug-likeness (QED) is 0.478. The number of hydrogen-bond donors (Lipinski definition) is 0. The minimum atomic E-state index is -0.853. The van der Waals surface area contributed by atoms with Gasteiger partial charge in [-0.15, -0.1) is 5.73 Å². The zero-order chi connectivity index (χ0) is 5.98. The first-order valence-electron chi connectivity index (χ1n) is 2.27. The van der Waals surface area contributed by atoms with Crippen LogP contribution in [0.3, 0.4) is 0 Å². The third-order valence-corrected chi connectivity index (χ3v) is 1.75. The molecular formula is C6H6OS. The fraction of sp³-hybridized carbons (Fsp3) is 0.167. The molecule has 0 amide bonds. The Bertz CT molecular complexity index is 207. The van der Waals surface area contributed by atoms with E-state index in [0.717, 1.165) is 4.91 Å². The molecule has 1 unspecified atom stereocenters. The van der Waals surface area contributed by atoms with Crippen LogP contribution in [-0.4, -0.2) is 10.5 Å². The summed E-state index contributed by atoms with van der Waals surface area (Å²) in [5, 5.41) is 0. The van der Waals surface area contributed by atoms with Gasteiger partial charge in [0.25, 0.3) is 0 Å². The highest BCUT2D eigenvalue weighted by Gasteiger charge is 1.95. The summed E-state index contributed by atoms with van der Waals surface area (Å²) in [6.45, 7) is 0. The highest BCUT2D eigenvalue weighted by atomic mass is 32.2. The molecule has 8 heavy (non-hydrogen) atoms. The molecule has 1 nitrogen and oxygen atoms in total. The SMILES string of the molecule is CS(=O)C1=C=CC=C1. The van der Waals surface area contributed by atoms with E-state index in [1.165, 1.54) is 0 Å². The monoisotopic (exact) mass is 126 g/mol. The molecule has 0 bridgehead atoms. The van der Waals surface area contributed by atoms with Gasteiger partial charge in [0.2, 0.25) is 0 Å². The van der Waals surface area contributed by atoms with Crippen LogP contribution in [0.4, 0.5) is 0 Å². The summed E-state index contributed by atoms with van der Waals surface area (Å²) in [4.78, 5) is 0.782. The van der Waals surface area contributed by atoms with Crippen LogP contribution in [0.1, 0.15) is 0 Å². The Kier molecular flexibility index (Phi) is 1.47. The second kappa shape index (κ2) is 2.12. The van der Waals surface area contributed by atoms with Gasteiger partial charge >= 0.3 is 0 Å². The van der Waals surface area contributed by atoms with Crippen LogP contribution in [0.15, 0.2) is 28.9 Å². The van der Waals surface area contributed by atoms with E-state index in [4.69, 9.17) is 0 Å². The third-order valence-electron chi connectivity index (χ3n) is 0.879. The molecule has 0 N–H and O–H groups in total. The van der Waals surface area contributed by atoms with Crippen LogP contribution >= 0.6 is 0 Å². The van der Waals surface area contributed by atoms with E-state index >= 15 is 0 Å². The largest absolute Gasteiger partial charge is 0.254 e. The Morgan fingerprint density at radius 1 is 1.75 bits per heavy atom. The van der Waals surface area contributed by atoms with Crippen molar-refractivity contribution in [1.29, 1.82) is 0 Å². The third kappa shape index (κ3) is 0.971. The average Bonchev–Trinajstić information content (AvgIpc) is 2.12. The zero-order valence-corrected chi connectivity index (χ0v) is 5.37. The first-order chi connectivity index (χ1) is 3.80. The second-order valence-corrected chi connectivity index (χ2v) is 2.84. The van der Waals surface area contributed by atoms with Crippen molar-refractivity contribution in [3.05, 3.63) is 28.9 Å². The molecule has 0 aromatic rings. The van der Waals surface area contributed by atoms with E-state index in [-0.39, 0.29) is 0 Å². The van der Waals surface area contributed by atoms with Gasteiger partial charge in [-0.25, -0.2) is 0 Å². The first kappa shape index (κ1) is 5.54. The molecule has 0 aromatic heterocycles. The molecular weight excluding hydrogens is 120 g/mol. The van der Waals surface area contributed by atoms with E-state index in [2.05, 4.69) is 5.73 Å². The van der Waals surface area contributed by atoms with Gasteiger partial charge in [-0.1, -0.05) is 6.08 Å². The van der Waals surface area contributed by atoms with Crippen LogP contribution in [-0.2, 0) is 10.8 Å². The summed E-state index contributed by atoms with van der Waals surface area (Å²) in [7, 11) is -0.853. The van der Waals surface area contributed by atoms with Crippen molar-refractivity contribution in [2.75, 3.05) is 6.26 Å². The predicted molar refractivity (Wildman–Crippen MR) is 34.8 cm³/mol. The topological polar surface area (TPSA) is 17.1 Å². The Morgan fingerprint density at radius 3 is 2.75 bits per heavy atom. The summed E-state index contributed by atoms with van der Waals surface area (Å²) < 4.78 is 10.6. The van der Waals surface area contributed by atoms with Crippen molar-refractivity contribution >= 4 is 10.8 Å². The van der Waals surface area contributed by atoms with Gasteiger partial charge in [-0.3, -0.25) is 4.21 Å². The Morgan fingerprint density at radius 2 is 2.50 bits per heavy atom. The summed E-state index contributed by atoms with van der Waals surface area (Å²) in [5.41, 5.74) is 2.84. The fourth-order valence-electron chi connectivity index (χ4n) is 0.493. The van der Waals surface area contributed by atoms with Crippen molar-refractivity contribution in [2.24, 2.45) is 0 Å². The van der Waals surface area contributed by atoms with Gasteiger partial charge in [0, 0.05) is 6.26 Å². The maximum absolute atomic E-state index is 10.6. The average molecular weight is 126 g/mol. The molecule has 0 radical (unpaired) electrons. The van der Waals surface area contributed by atoms with Crippen molar-refractivity contribution in [3.63, 3.8) is 0 Å². The minimum absolute atomic E-state index is 0.782. The lowest BCUT2D eigenvalue weighted by Crippen LogP contribution is -1.82. The molecule has 2 heteroatoms. The Balaban J connectivity index is 2.90. The number of rotatable bonds is 1. The van der Waals surface area contributed by atoms with E-state index < -0.39 is 10.8 Å². The van der Waals surface area contributed by atoms with Crippen molar-refractivity contribution < 1.29 is 4.21 Å². The first-order valence-corrected chi connectivity index (χ1v) is 3.83. The molecule has 0 spiro atoms. The molecule has 1 aliphatic rings. The summed E-state index contributed by atoms with van der Waals surface area (Å²) in [6, 6.07) is 0. The van der Waals surface area contributed by atoms with Crippen molar-refractivity contribution in [2.45, 2.75) is 0 Å². The van der Waals surface area contributed by atoms with E-state index in [1.54, 1.807) is 18.4 Å². The molecule has 0 aromatic carbocycles. The number of allylic oxidation sites excluding steroid dienone is 2. The molecule has 1 rings (SSSR count). The lowest BCUT2D eigenvalue weighted by Gasteiger charge is -1.83. The van der Waals surface area contributed by atoms with Gasteiger partial charge in [0.1, 0.15) is 0 Å². The molecule has 0 heterocycles. The second-order valence-electron chi connectivity index (χ2n) is 1.49. The van der Waals surface area contributed by atoms with Crippen LogP contribution in [0.25, 0.3) is 0 Å². The van der Waals surface area contributed by atoms with E-state index in [9.17, 15) is 4.21 Å². The predicted octanol–water partition coefficient (Wildman–Crippen LogP) is 0.974. The Hall–Kier alpha value is -0.590. The molecule has 0 aliphatic heterocycles. The zero-order valence-electron chi connectivity index (χ0n) is 4.55. The molecule has 1 aliphatic carbocycles. The van der Waals surface area contributed by atoms with Gasteiger partial charge < -0.3 is 0 Å². The molecule has 42 valence electrons. The van der Waals surface area contributed by atoms with Gasteiger partial charge in [0.15, 0.2) is 0 Å². The summed E-state index contributed by atoms with van der Waals surface area (Å²) in [5.74, 6) is 0. The summed E-state index contributed by atoms with van der Waals surface area (Å²) in [6.07, 6.45) is 7.04. The van der Waals surface area contributed by atoms with Gasteiger partial charge in [0.05, 0.1) is 15.7 Å². The van der Waals surface area contributed by atoms with Gasteiger partial charge in [-0.05, 0) is 12.2 Å². The normalized spacial score (nSPS) is 18.9. The highest BCUT2D eigenvalue weighted by Crippen LogP contribution is 2.03. The van der Waals surface area contributed by atoms with Crippen LogP contribution in [0, 0.1) is 0 Å². The standard InChI is InChI=1S/C6H6OS/c1-8(7)6-4-2-3-5-6/h2-4H,1H3. The van der Waals surface area contributed by atoms with Crippen molar-refractivity contribution in [3.8, 4) is 0 Å². The fourth-order valence-corrected chi connectivity index (χ4v) is 0.997. The minimum Gasteiger partial charge on any atom is -0.254 e. The smallest absolute Gasteiger partial charge is 0.0803 e. The van der Waals surface area contributed by atoms with Crippen LogP contribution < -0.4 is 0 Å². The molecule has 0 fully saturated rings. The molecule has 0 saturated heterocycles. The molecule has 0 saturated carbocycles. The summed E-state index contributed by atoms with van der Waals surface area (Å²) >= 11 is 0. The van der Waals surface area contributed by atoms with E-state index in [0.29, 0.717) is 0 Å². The van der Waals surface area contributed by atoms with E-state index in [1.807, 2.05) is 6.08 Å². The molecule has 1 atom stereocenters.